The molecule has 0 unspecified atom stereocenters. The first-order valence-corrected chi connectivity index (χ1v) is 9.45. The van der Waals surface area contributed by atoms with E-state index in [0.29, 0.717) is 6.61 Å². The molecule has 26 heavy (non-hydrogen) atoms. The Hall–Kier alpha value is -2.33. The molecule has 0 spiro atoms. The fraction of sp³-hybridized carbons (Fsp3) is 0.409. The molecule has 0 aromatic heterocycles. The van der Waals surface area contributed by atoms with E-state index < -0.39 is 0 Å². The van der Waals surface area contributed by atoms with Crippen molar-refractivity contribution >= 4 is 6.09 Å². The maximum Gasteiger partial charge on any atom is 0.410 e. The fourth-order valence-electron chi connectivity index (χ4n) is 3.52. The van der Waals surface area contributed by atoms with Gasteiger partial charge >= 0.3 is 6.09 Å². The monoisotopic (exact) mass is 352 g/mol. The van der Waals surface area contributed by atoms with Gasteiger partial charge in [-0.1, -0.05) is 60.7 Å². The number of likely N-dealkylation sites (tertiary alicyclic amines) is 1. The summed E-state index contributed by atoms with van der Waals surface area (Å²) in [6, 6.07) is 20.1. The highest BCUT2D eigenvalue weighted by atomic mass is 16.6. The normalized spacial score (nSPS) is 15.6. The van der Waals surface area contributed by atoms with Crippen molar-refractivity contribution in [1.29, 1.82) is 0 Å². The van der Waals surface area contributed by atoms with Gasteiger partial charge in [0.25, 0.3) is 0 Å². The van der Waals surface area contributed by atoms with Gasteiger partial charge in [0, 0.05) is 13.6 Å². The van der Waals surface area contributed by atoms with E-state index in [0.717, 1.165) is 24.1 Å². The van der Waals surface area contributed by atoms with E-state index in [1.807, 2.05) is 55.6 Å². The molecule has 0 N–H and O–H groups in total. The molecule has 0 radical (unpaired) electrons. The van der Waals surface area contributed by atoms with Crippen LogP contribution in [0.15, 0.2) is 60.7 Å². The van der Waals surface area contributed by atoms with E-state index in [1.165, 1.54) is 25.9 Å². The highest BCUT2D eigenvalue weighted by Crippen LogP contribution is 2.25. The van der Waals surface area contributed by atoms with Gasteiger partial charge in [0.2, 0.25) is 0 Å². The van der Waals surface area contributed by atoms with Gasteiger partial charge in [-0.05, 0) is 43.5 Å². The Kier molecular flexibility index (Phi) is 6.67. The second-order valence-corrected chi connectivity index (χ2v) is 6.91. The summed E-state index contributed by atoms with van der Waals surface area (Å²) in [6.45, 7) is 3.65. The molecule has 1 atom stereocenters. The molecule has 1 amide bonds. The smallest absolute Gasteiger partial charge is 0.410 e. The average molecular weight is 352 g/mol. The van der Waals surface area contributed by atoms with Crippen LogP contribution in [-0.4, -0.2) is 42.6 Å². The van der Waals surface area contributed by atoms with Gasteiger partial charge in [-0.25, -0.2) is 4.79 Å². The lowest BCUT2D eigenvalue weighted by Crippen LogP contribution is -2.34. The predicted molar refractivity (Wildman–Crippen MR) is 104 cm³/mol. The van der Waals surface area contributed by atoms with Crippen LogP contribution in [0, 0.1) is 0 Å². The molecule has 138 valence electrons. The SMILES string of the molecule is CN(C(=O)OCc1ccccc1)[C@H](CCN1CCCC1)c1ccccc1. The third-order valence-corrected chi connectivity index (χ3v) is 5.06. The topological polar surface area (TPSA) is 32.8 Å². The average Bonchev–Trinajstić information content (AvgIpc) is 3.21. The van der Waals surface area contributed by atoms with Gasteiger partial charge < -0.3 is 14.5 Å². The zero-order chi connectivity index (χ0) is 18.2. The van der Waals surface area contributed by atoms with Crippen LogP contribution in [0.25, 0.3) is 0 Å². The minimum atomic E-state index is -0.274. The third-order valence-electron chi connectivity index (χ3n) is 5.06. The summed E-state index contributed by atoms with van der Waals surface area (Å²) in [6.07, 6.45) is 3.21. The maximum atomic E-state index is 12.6. The molecule has 1 saturated heterocycles. The number of ether oxygens (including phenoxy) is 1. The van der Waals surface area contributed by atoms with Crippen LogP contribution in [0.2, 0.25) is 0 Å². The summed E-state index contributed by atoms with van der Waals surface area (Å²) in [5, 5.41) is 0. The quantitative estimate of drug-likeness (QED) is 0.736. The Labute approximate surface area is 156 Å². The summed E-state index contributed by atoms with van der Waals surface area (Å²) in [4.78, 5) is 16.8. The highest BCUT2D eigenvalue weighted by Gasteiger charge is 2.24. The van der Waals surface area contributed by atoms with E-state index in [2.05, 4.69) is 17.0 Å². The van der Waals surface area contributed by atoms with Crippen molar-refractivity contribution in [2.24, 2.45) is 0 Å². The van der Waals surface area contributed by atoms with Crippen LogP contribution in [0.1, 0.15) is 36.4 Å². The van der Waals surface area contributed by atoms with Gasteiger partial charge in [-0.15, -0.1) is 0 Å². The zero-order valence-corrected chi connectivity index (χ0v) is 15.5. The summed E-state index contributed by atoms with van der Waals surface area (Å²) in [7, 11) is 1.84. The number of rotatable bonds is 7. The number of carbonyl (C=O) groups is 1. The van der Waals surface area contributed by atoms with Gasteiger partial charge in [-0.2, -0.15) is 0 Å². The summed E-state index contributed by atoms with van der Waals surface area (Å²) in [5.41, 5.74) is 2.16. The van der Waals surface area contributed by atoms with Crippen LogP contribution in [0.5, 0.6) is 0 Å². The number of hydrogen-bond acceptors (Lipinski definition) is 3. The van der Waals surface area contributed by atoms with E-state index in [1.54, 1.807) is 4.90 Å². The Bertz CT molecular complexity index is 669. The highest BCUT2D eigenvalue weighted by molar-refractivity contribution is 5.68. The minimum Gasteiger partial charge on any atom is -0.445 e. The van der Waals surface area contributed by atoms with Gasteiger partial charge in [0.1, 0.15) is 6.61 Å². The second kappa shape index (κ2) is 9.39. The van der Waals surface area contributed by atoms with Crippen molar-refractivity contribution in [3.63, 3.8) is 0 Å². The molecule has 1 aliphatic rings. The fourth-order valence-corrected chi connectivity index (χ4v) is 3.52. The van der Waals surface area contributed by atoms with E-state index in [4.69, 9.17) is 4.74 Å². The lowest BCUT2D eigenvalue weighted by molar-refractivity contribution is 0.0871. The van der Waals surface area contributed by atoms with Crippen molar-refractivity contribution in [2.75, 3.05) is 26.7 Å². The Morgan fingerprint density at radius 3 is 2.31 bits per heavy atom. The van der Waals surface area contributed by atoms with Crippen molar-refractivity contribution in [2.45, 2.75) is 31.9 Å². The number of benzene rings is 2. The van der Waals surface area contributed by atoms with Gasteiger partial charge in [-0.3, -0.25) is 0 Å². The number of amides is 1. The zero-order valence-electron chi connectivity index (χ0n) is 15.5. The van der Waals surface area contributed by atoms with Crippen LogP contribution in [0.4, 0.5) is 4.79 Å². The molecule has 2 aromatic rings. The molecular formula is C22H28N2O2. The van der Waals surface area contributed by atoms with Gasteiger partial charge in [0.05, 0.1) is 6.04 Å². The lowest BCUT2D eigenvalue weighted by atomic mass is 10.0. The minimum absolute atomic E-state index is 0.0278. The molecule has 0 aliphatic carbocycles. The van der Waals surface area contributed by atoms with Crippen LogP contribution < -0.4 is 0 Å². The molecule has 4 heteroatoms. The Morgan fingerprint density at radius 2 is 1.65 bits per heavy atom. The first-order chi connectivity index (χ1) is 12.7. The molecule has 2 aromatic carbocycles. The standard InChI is InChI=1S/C22H28N2O2/c1-23(22(25)26-18-19-10-4-2-5-11-19)21(20-12-6-3-7-13-20)14-17-24-15-8-9-16-24/h2-7,10-13,21H,8-9,14-18H2,1H3/t21-/m1/s1. The third kappa shape index (κ3) is 5.09. The maximum absolute atomic E-state index is 12.6. The molecule has 1 fully saturated rings. The molecular weight excluding hydrogens is 324 g/mol. The first kappa shape index (κ1) is 18.5. The molecule has 4 nitrogen and oxygen atoms in total. The first-order valence-electron chi connectivity index (χ1n) is 9.45. The van der Waals surface area contributed by atoms with Gasteiger partial charge in [0.15, 0.2) is 0 Å². The molecule has 1 aliphatic heterocycles. The van der Waals surface area contributed by atoms with Crippen molar-refractivity contribution in [1.82, 2.24) is 9.80 Å². The molecule has 3 rings (SSSR count). The van der Waals surface area contributed by atoms with Crippen LogP contribution >= 0.6 is 0 Å². The number of hydrogen-bond donors (Lipinski definition) is 0. The van der Waals surface area contributed by atoms with E-state index in [9.17, 15) is 4.79 Å². The molecule has 0 saturated carbocycles. The molecule has 0 bridgehead atoms. The predicted octanol–water partition coefficient (Wildman–Crippen LogP) is 4.48. The Morgan fingerprint density at radius 1 is 1.04 bits per heavy atom. The summed E-state index contributed by atoms with van der Waals surface area (Å²) < 4.78 is 5.54. The van der Waals surface area contributed by atoms with Crippen LogP contribution in [0.3, 0.4) is 0 Å². The summed E-state index contributed by atoms with van der Waals surface area (Å²) >= 11 is 0. The molecule has 1 heterocycles. The largest absolute Gasteiger partial charge is 0.445 e. The Balaban J connectivity index is 1.63. The van der Waals surface area contributed by atoms with Crippen molar-refractivity contribution in [3.05, 3.63) is 71.8 Å². The van der Waals surface area contributed by atoms with Crippen LogP contribution in [-0.2, 0) is 11.3 Å². The second-order valence-electron chi connectivity index (χ2n) is 6.91. The number of carbonyl (C=O) groups excluding carboxylic acids is 1. The van der Waals surface area contributed by atoms with Crippen molar-refractivity contribution in [3.8, 4) is 0 Å². The van der Waals surface area contributed by atoms with E-state index >= 15 is 0 Å². The number of nitrogens with zero attached hydrogens (tertiary/aromatic N) is 2. The lowest BCUT2D eigenvalue weighted by Gasteiger charge is -2.29. The summed E-state index contributed by atoms with van der Waals surface area (Å²) in [5.74, 6) is 0. The van der Waals surface area contributed by atoms with E-state index in [-0.39, 0.29) is 12.1 Å². The van der Waals surface area contributed by atoms with Crippen molar-refractivity contribution < 1.29 is 9.53 Å².